The van der Waals surface area contributed by atoms with Crippen LogP contribution in [0, 0.1) is 5.82 Å². The van der Waals surface area contributed by atoms with E-state index in [2.05, 4.69) is 5.32 Å². The Labute approximate surface area is 135 Å². The number of halogens is 1. The van der Waals surface area contributed by atoms with Crippen LogP contribution < -0.4 is 10.1 Å². The number of amides is 1. The van der Waals surface area contributed by atoms with Crippen LogP contribution in [0.25, 0.3) is 6.08 Å². The van der Waals surface area contributed by atoms with Gasteiger partial charge >= 0.3 is 5.97 Å². The smallest absolute Gasteiger partial charge is 0.331 e. The molecular weight excluding hydrogens is 301 g/mol. The van der Waals surface area contributed by atoms with Crippen LogP contribution in [0.3, 0.4) is 0 Å². The Morgan fingerprint density at radius 2 is 2.04 bits per heavy atom. The summed E-state index contributed by atoms with van der Waals surface area (Å²) in [5.41, 5.74) is -0.579. The minimum absolute atomic E-state index is 0.132. The van der Waals surface area contributed by atoms with E-state index >= 15 is 0 Å². The fourth-order valence-corrected chi connectivity index (χ4v) is 2.21. The van der Waals surface area contributed by atoms with Gasteiger partial charge in [0.2, 0.25) is 5.91 Å². The fourth-order valence-electron chi connectivity index (χ4n) is 2.21. The Morgan fingerprint density at radius 1 is 1.35 bits per heavy atom. The van der Waals surface area contributed by atoms with Crippen molar-refractivity contribution in [1.29, 1.82) is 0 Å². The summed E-state index contributed by atoms with van der Waals surface area (Å²) in [7, 11) is 2.65. The lowest BCUT2D eigenvalue weighted by molar-refractivity contribution is -0.150. The predicted molar refractivity (Wildman–Crippen MR) is 85.5 cm³/mol. The van der Waals surface area contributed by atoms with E-state index in [-0.39, 0.29) is 5.75 Å². The molecule has 1 aromatic carbocycles. The van der Waals surface area contributed by atoms with Gasteiger partial charge in [-0.25, -0.2) is 9.18 Å². The molecule has 0 radical (unpaired) electrons. The Kier molecular flexibility index (Phi) is 6.75. The van der Waals surface area contributed by atoms with Crippen LogP contribution in [-0.2, 0) is 14.3 Å². The van der Waals surface area contributed by atoms with Crippen molar-refractivity contribution in [3.05, 3.63) is 35.7 Å². The first-order chi connectivity index (χ1) is 10.9. The summed E-state index contributed by atoms with van der Waals surface area (Å²) >= 11 is 0. The van der Waals surface area contributed by atoms with Gasteiger partial charge in [0.1, 0.15) is 5.54 Å². The molecule has 0 aliphatic heterocycles. The molecule has 0 saturated heterocycles. The van der Waals surface area contributed by atoms with Crippen molar-refractivity contribution in [1.82, 2.24) is 5.32 Å². The number of carbonyl (C=O) groups excluding carboxylic acids is 2. The highest BCUT2D eigenvalue weighted by atomic mass is 19.1. The second kappa shape index (κ2) is 8.31. The van der Waals surface area contributed by atoms with E-state index in [1.165, 1.54) is 38.5 Å². The Morgan fingerprint density at radius 3 is 2.57 bits per heavy atom. The molecule has 1 N–H and O–H groups in total. The van der Waals surface area contributed by atoms with E-state index in [0.717, 1.165) is 0 Å². The predicted octanol–water partition coefficient (Wildman–Crippen LogP) is 2.70. The van der Waals surface area contributed by atoms with Crippen LogP contribution in [0.2, 0.25) is 0 Å². The number of nitrogens with one attached hydrogen (secondary N) is 1. The number of ether oxygens (including phenoxy) is 2. The monoisotopic (exact) mass is 323 g/mol. The SMILES string of the molecule is CCCC(C)(NC(=O)/C=C/c1ccc(OC)c(F)c1)C(=O)OC. The highest BCUT2D eigenvalue weighted by Gasteiger charge is 2.34. The van der Waals surface area contributed by atoms with Crippen LogP contribution >= 0.6 is 0 Å². The third-order valence-corrected chi connectivity index (χ3v) is 3.39. The molecule has 1 amide bonds. The van der Waals surface area contributed by atoms with Crippen LogP contribution in [0.15, 0.2) is 24.3 Å². The van der Waals surface area contributed by atoms with Gasteiger partial charge in [0.25, 0.3) is 0 Å². The highest BCUT2D eigenvalue weighted by Crippen LogP contribution is 2.18. The summed E-state index contributed by atoms with van der Waals surface area (Å²) < 4.78 is 23.1. The second-order valence-corrected chi connectivity index (χ2v) is 5.29. The van der Waals surface area contributed by atoms with Crippen molar-refractivity contribution in [2.45, 2.75) is 32.2 Å². The summed E-state index contributed by atoms with van der Waals surface area (Å²) in [4.78, 5) is 23.8. The number of esters is 1. The fraction of sp³-hybridized carbons (Fsp3) is 0.412. The van der Waals surface area contributed by atoms with Crippen molar-refractivity contribution in [3.63, 3.8) is 0 Å². The van der Waals surface area contributed by atoms with Crippen molar-refractivity contribution >= 4 is 18.0 Å². The molecule has 0 saturated carbocycles. The van der Waals surface area contributed by atoms with Gasteiger partial charge in [-0.15, -0.1) is 0 Å². The first-order valence-corrected chi connectivity index (χ1v) is 7.28. The molecule has 0 aromatic heterocycles. The molecule has 0 bridgehead atoms. The number of methoxy groups -OCH3 is 2. The average Bonchev–Trinajstić information content (AvgIpc) is 2.52. The van der Waals surface area contributed by atoms with Crippen molar-refractivity contribution < 1.29 is 23.5 Å². The molecule has 126 valence electrons. The molecule has 6 heteroatoms. The number of carbonyl (C=O) groups is 2. The lowest BCUT2D eigenvalue weighted by Gasteiger charge is -2.26. The minimum Gasteiger partial charge on any atom is -0.494 e. The standard InChI is InChI=1S/C17H22FNO4/c1-5-10-17(2,16(21)23-4)19-15(20)9-7-12-6-8-14(22-3)13(18)11-12/h6-9,11H,5,10H2,1-4H3,(H,19,20)/b9-7+. The number of hydrogen-bond acceptors (Lipinski definition) is 4. The van der Waals surface area contributed by atoms with Crippen LogP contribution in [0.4, 0.5) is 4.39 Å². The number of rotatable bonds is 7. The van der Waals surface area contributed by atoms with Gasteiger partial charge in [0.15, 0.2) is 11.6 Å². The zero-order valence-electron chi connectivity index (χ0n) is 13.8. The Bertz CT molecular complexity index is 600. The third kappa shape index (κ3) is 5.09. The van der Waals surface area contributed by atoms with Gasteiger partial charge < -0.3 is 14.8 Å². The molecule has 0 spiro atoms. The molecule has 1 atom stereocenters. The normalized spacial score (nSPS) is 13.4. The molecule has 0 aliphatic rings. The summed E-state index contributed by atoms with van der Waals surface area (Å²) in [5, 5.41) is 2.63. The molecule has 23 heavy (non-hydrogen) atoms. The molecule has 0 aliphatic carbocycles. The maximum atomic E-state index is 13.6. The lowest BCUT2D eigenvalue weighted by atomic mass is 9.96. The van der Waals surface area contributed by atoms with Gasteiger partial charge in [-0.05, 0) is 37.1 Å². The summed E-state index contributed by atoms with van der Waals surface area (Å²) in [5.74, 6) is -1.34. The molecule has 1 aromatic rings. The van der Waals surface area contributed by atoms with Gasteiger partial charge in [-0.2, -0.15) is 0 Å². The molecule has 0 fully saturated rings. The van der Waals surface area contributed by atoms with E-state index in [4.69, 9.17) is 9.47 Å². The van der Waals surface area contributed by atoms with Gasteiger partial charge in [0, 0.05) is 6.08 Å². The summed E-state index contributed by atoms with van der Waals surface area (Å²) in [6.45, 7) is 3.52. The van der Waals surface area contributed by atoms with E-state index in [1.54, 1.807) is 13.0 Å². The topological polar surface area (TPSA) is 64.6 Å². The largest absolute Gasteiger partial charge is 0.494 e. The van der Waals surface area contributed by atoms with Crippen molar-refractivity contribution in [2.75, 3.05) is 14.2 Å². The maximum absolute atomic E-state index is 13.6. The quantitative estimate of drug-likeness (QED) is 0.619. The van der Waals surface area contributed by atoms with Gasteiger partial charge in [-0.3, -0.25) is 4.79 Å². The zero-order valence-corrected chi connectivity index (χ0v) is 13.8. The molecule has 0 heterocycles. The van der Waals surface area contributed by atoms with Crippen LogP contribution in [0.1, 0.15) is 32.3 Å². The number of benzene rings is 1. The first kappa shape index (κ1) is 18.7. The summed E-state index contributed by atoms with van der Waals surface area (Å²) in [6.07, 6.45) is 3.87. The van der Waals surface area contributed by atoms with Crippen molar-refractivity contribution in [2.24, 2.45) is 0 Å². The highest BCUT2D eigenvalue weighted by molar-refractivity contribution is 5.96. The van der Waals surface area contributed by atoms with Gasteiger partial charge in [-0.1, -0.05) is 19.4 Å². The van der Waals surface area contributed by atoms with Gasteiger partial charge in [0.05, 0.1) is 14.2 Å². The Hall–Kier alpha value is -2.37. The second-order valence-electron chi connectivity index (χ2n) is 5.29. The molecule has 1 rings (SSSR count). The third-order valence-electron chi connectivity index (χ3n) is 3.39. The van der Waals surface area contributed by atoms with Crippen molar-refractivity contribution in [3.8, 4) is 5.75 Å². The Balaban J connectivity index is 2.81. The molecule has 1 unspecified atom stereocenters. The lowest BCUT2D eigenvalue weighted by Crippen LogP contribution is -2.52. The summed E-state index contributed by atoms with van der Waals surface area (Å²) in [6, 6.07) is 4.36. The maximum Gasteiger partial charge on any atom is 0.331 e. The van der Waals surface area contributed by atoms with E-state index in [9.17, 15) is 14.0 Å². The molecule has 5 nitrogen and oxygen atoms in total. The average molecular weight is 323 g/mol. The van der Waals surface area contributed by atoms with E-state index < -0.39 is 23.2 Å². The van der Waals surface area contributed by atoms with E-state index in [0.29, 0.717) is 18.4 Å². The zero-order chi connectivity index (χ0) is 17.5. The van der Waals surface area contributed by atoms with Crippen LogP contribution in [0.5, 0.6) is 5.75 Å². The van der Waals surface area contributed by atoms with Crippen LogP contribution in [-0.4, -0.2) is 31.6 Å². The molecular formula is C17H22FNO4. The minimum atomic E-state index is -1.09. The first-order valence-electron chi connectivity index (χ1n) is 7.28. The number of hydrogen-bond donors (Lipinski definition) is 1. The van der Waals surface area contributed by atoms with E-state index in [1.807, 2.05) is 6.92 Å².